The number of nitrogens with zero attached hydrogens (tertiary/aromatic N) is 4. The van der Waals surface area contributed by atoms with Crippen molar-refractivity contribution in [2.75, 3.05) is 44.2 Å². The third-order valence-corrected chi connectivity index (χ3v) is 6.91. The second kappa shape index (κ2) is 10.9. The number of carbonyl (C=O) groups is 2. The van der Waals surface area contributed by atoms with Gasteiger partial charge in [0.25, 0.3) is 11.6 Å². The lowest BCUT2D eigenvalue weighted by Gasteiger charge is -2.35. The summed E-state index contributed by atoms with van der Waals surface area (Å²) in [5, 5.41) is 14.9. The number of benzene rings is 2. The molecular formula is C26H33N5O4. The van der Waals surface area contributed by atoms with Gasteiger partial charge in [-0.2, -0.15) is 0 Å². The van der Waals surface area contributed by atoms with Crippen molar-refractivity contribution in [1.82, 2.24) is 15.1 Å². The van der Waals surface area contributed by atoms with Gasteiger partial charge in [0.15, 0.2) is 0 Å². The summed E-state index contributed by atoms with van der Waals surface area (Å²) in [7, 11) is 0. The van der Waals surface area contributed by atoms with E-state index in [0.717, 1.165) is 32.5 Å². The van der Waals surface area contributed by atoms with Crippen LogP contribution in [-0.2, 0) is 11.3 Å². The van der Waals surface area contributed by atoms with Crippen molar-refractivity contribution in [2.24, 2.45) is 0 Å². The molecule has 0 aromatic heterocycles. The lowest BCUT2D eigenvalue weighted by atomic mass is 10.0. The first-order chi connectivity index (χ1) is 16.8. The number of anilines is 1. The normalized spacial score (nSPS) is 17.3. The Bertz CT molecular complexity index is 1090. The van der Waals surface area contributed by atoms with Gasteiger partial charge in [0, 0.05) is 70.4 Å². The molecule has 9 nitrogen and oxygen atoms in total. The molecule has 9 heteroatoms. The fraction of sp³-hybridized carbons (Fsp3) is 0.462. The maximum Gasteiger partial charge on any atom is 0.293 e. The van der Waals surface area contributed by atoms with Crippen molar-refractivity contribution in [3.05, 3.63) is 69.3 Å². The number of rotatable bonds is 6. The quantitative estimate of drug-likeness (QED) is 0.505. The third-order valence-electron chi connectivity index (χ3n) is 6.91. The first-order valence-corrected chi connectivity index (χ1v) is 12.2. The number of likely N-dealkylation sites (tertiary alicyclic amines) is 1. The Kier molecular flexibility index (Phi) is 7.65. The molecule has 186 valence electrons. The second-order valence-electron chi connectivity index (χ2n) is 9.47. The van der Waals surface area contributed by atoms with E-state index in [4.69, 9.17) is 0 Å². The van der Waals surface area contributed by atoms with Crippen molar-refractivity contribution < 1.29 is 14.5 Å². The van der Waals surface area contributed by atoms with E-state index in [1.807, 2.05) is 4.90 Å². The Hall–Kier alpha value is -3.46. The van der Waals surface area contributed by atoms with Crippen LogP contribution >= 0.6 is 0 Å². The average Bonchev–Trinajstić information content (AvgIpc) is 2.85. The molecule has 0 bridgehead atoms. The number of nitro benzene ring substituents is 1. The van der Waals surface area contributed by atoms with Crippen molar-refractivity contribution in [3.63, 3.8) is 0 Å². The topological polar surface area (TPSA) is 99.0 Å². The molecule has 4 rings (SSSR count). The Morgan fingerprint density at radius 2 is 1.74 bits per heavy atom. The molecule has 2 aliphatic heterocycles. The molecule has 2 aromatic rings. The highest BCUT2D eigenvalue weighted by Crippen LogP contribution is 2.30. The minimum absolute atomic E-state index is 0.00663. The molecule has 0 aliphatic carbocycles. The number of aryl methyl sites for hydroxylation is 1. The number of nitro groups is 1. The van der Waals surface area contributed by atoms with E-state index in [2.05, 4.69) is 41.4 Å². The van der Waals surface area contributed by atoms with Gasteiger partial charge in [-0.3, -0.25) is 24.6 Å². The molecule has 2 saturated heterocycles. The van der Waals surface area contributed by atoms with E-state index >= 15 is 0 Å². The zero-order valence-corrected chi connectivity index (χ0v) is 20.4. The zero-order chi connectivity index (χ0) is 24.9. The molecular weight excluding hydrogens is 446 g/mol. The summed E-state index contributed by atoms with van der Waals surface area (Å²) in [6.45, 7) is 8.40. The van der Waals surface area contributed by atoms with Crippen LogP contribution in [0.15, 0.2) is 42.5 Å². The van der Waals surface area contributed by atoms with Crippen LogP contribution < -0.4 is 10.2 Å². The molecule has 2 fully saturated rings. The number of hydrogen-bond donors (Lipinski definition) is 1. The van der Waals surface area contributed by atoms with Crippen LogP contribution in [0.4, 0.5) is 11.4 Å². The van der Waals surface area contributed by atoms with Crippen LogP contribution in [0.25, 0.3) is 0 Å². The summed E-state index contributed by atoms with van der Waals surface area (Å²) in [5.41, 5.74) is 3.25. The van der Waals surface area contributed by atoms with Gasteiger partial charge in [-0.15, -0.1) is 0 Å². The van der Waals surface area contributed by atoms with Gasteiger partial charge in [-0.05, 0) is 37.5 Å². The van der Waals surface area contributed by atoms with Crippen molar-refractivity contribution in [1.29, 1.82) is 0 Å². The molecule has 2 heterocycles. The van der Waals surface area contributed by atoms with E-state index < -0.39 is 4.92 Å². The minimum atomic E-state index is -0.437. The van der Waals surface area contributed by atoms with Gasteiger partial charge in [0.2, 0.25) is 5.91 Å². The van der Waals surface area contributed by atoms with E-state index in [1.165, 1.54) is 24.1 Å². The zero-order valence-electron chi connectivity index (χ0n) is 20.4. The van der Waals surface area contributed by atoms with Crippen molar-refractivity contribution in [3.8, 4) is 0 Å². The van der Waals surface area contributed by atoms with Crippen LogP contribution in [0.2, 0.25) is 0 Å². The number of hydrogen-bond acceptors (Lipinski definition) is 6. The summed E-state index contributed by atoms with van der Waals surface area (Å²) in [4.78, 5) is 41.8. The maximum absolute atomic E-state index is 12.9. The summed E-state index contributed by atoms with van der Waals surface area (Å²) in [5.74, 6) is -0.273. The van der Waals surface area contributed by atoms with Gasteiger partial charge in [-0.25, -0.2) is 0 Å². The lowest BCUT2D eigenvalue weighted by molar-refractivity contribution is -0.384. The summed E-state index contributed by atoms with van der Waals surface area (Å²) >= 11 is 0. The fourth-order valence-corrected chi connectivity index (χ4v) is 4.91. The molecule has 0 unspecified atom stereocenters. The lowest BCUT2D eigenvalue weighted by Crippen LogP contribution is -2.48. The highest BCUT2D eigenvalue weighted by atomic mass is 16.6. The molecule has 35 heavy (non-hydrogen) atoms. The summed E-state index contributed by atoms with van der Waals surface area (Å²) in [6.07, 6.45) is 1.69. The van der Waals surface area contributed by atoms with Crippen LogP contribution in [0.3, 0.4) is 0 Å². The number of amides is 2. The van der Waals surface area contributed by atoms with Crippen LogP contribution in [0.1, 0.15) is 41.3 Å². The number of carbonyl (C=O) groups excluding carboxylic acids is 2. The predicted molar refractivity (Wildman–Crippen MR) is 135 cm³/mol. The fourth-order valence-electron chi connectivity index (χ4n) is 4.91. The Balaban J connectivity index is 1.34. The van der Waals surface area contributed by atoms with Gasteiger partial charge in [0.05, 0.1) is 4.92 Å². The largest absolute Gasteiger partial charge is 0.362 e. The molecule has 2 amide bonds. The van der Waals surface area contributed by atoms with Gasteiger partial charge in [0.1, 0.15) is 5.69 Å². The highest BCUT2D eigenvalue weighted by molar-refractivity contribution is 5.96. The van der Waals surface area contributed by atoms with E-state index in [1.54, 1.807) is 17.0 Å². The highest BCUT2D eigenvalue weighted by Gasteiger charge is 2.27. The van der Waals surface area contributed by atoms with Crippen LogP contribution in [0, 0.1) is 17.0 Å². The van der Waals surface area contributed by atoms with Gasteiger partial charge in [-0.1, -0.05) is 29.8 Å². The van der Waals surface area contributed by atoms with Gasteiger partial charge < -0.3 is 15.1 Å². The molecule has 0 spiro atoms. The monoisotopic (exact) mass is 479 g/mol. The predicted octanol–water partition coefficient (Wildman–Crippen LogP) is 2.97. The van der Waals surface area contributed by atoms with Crippen molar-refractivity contribution >= 4 is 23.2 Å². The van der Waals surface area contributed by atoms with Crippen LogP contribution in [-0.4, -0.2) is 71.8 Å². The molecule has 2 aliphatic rings. The standard InChI is InChI=1S/C26H33N5O4/c1-19-4-3-5-21(16-19)18-28-10-8-23(9-11-28)27-26(33)22-6-7-24(25(17-22)31(34)35)30-14-12-29(13-15-30)20(2)32/h3-7,16-17,23H,8-15,18H2,1-2H3,(H,27,33). The molecule has 0 radical (unpaired) electrons. The first-order valence-electron chi connectivity index (χ1n) is 12.2. The number of piperidine rings is 1. The molecule has 0 saturated carbocycles. The van der Waals surface area contributed by atoms with E-state index in [-0.39, 0.29) is 23.5 Å². The maximum atomic E-state index is 12.9. The van der Waals surface area contributed by atoms with Gasteiger partial charge >= 0.3 is 0 Å². The Morgan fingerprint density at radius 1 is 1.03 bits per heavy atom. The Labute approximate surface area is 205 Å². The third kappa shape index (κ3) is 6.16. The number of nitrogens with one attached hydrogen (secondary N) is 1. The van der Waals surface area contributed by atoms with E-state index in [0.29, 0.717) is 37.4 Å². The Morgan fingerprint density at radius 3 is 2.37 bits per heavy atom. The average molecular weight is 480 g/mol. The molecule has 1 N–H and O–H groups in total. The summed E-state index contributed by atoms with van der Waals surface area (Å²) < 4.78 is 0. The number of piperazine rings is 1. The first kappa shape index (κ1) is 24.7. The molecule has 0 atom stereocenters. The second-order valence-corrected chi connectivity index (χ2v) is 9.47. The van der Waals surface area contributed by atoms with Crippen LogP contribution in [0.5, 0.6) is 0 Å². The smallest absolute Gasteiger partial charge is 0.293 e. The van der Waals surface area contributed by atoms with Crippen molar-refractivity contribution in [2.45, 2.75) is 39.3 Å². The van der Waals surface area contributed by atoms with E-state index in [9.17, 15) is 19.7 Å². The summed E-state index contributed by atoms with van der Waals surface area (Å²) in [6, 6.07) is 13.2. The SMILES string of the molecule is CC(=O)N1CCN(c2ccc(C(=O)NC3CCN(Cc4cccc(C)c4)CC3)cc2[N+](=O)[O-])CC1. The molecule has 2 aromatic carbocycles. The minimum Gasteiger partial charge on any atom is -0.362 e.